The van der Waals surface area contributed by atoms with Gasteiger partial charge in [-0.15, -0.1) is 0 Å². The second-order valence-electron chi connectivity index (χ2n) is 4.14. The predicted octanol–water partition coefficient (Wildman–Crippen LogP) is 3.48. The summed E-state index contributed by atoms with van der Waals surface area (Å²) in [4.78, 5) is 4.49. The summed E-state index contributed by atoms with van der Waals surface area (Å²) < 4.78 is 1.00. The molecule has 0 radical (unpaired) electrons. The standard InChI is InChI=1S/C14H11BrN4/c15-11-3-1-2-10(8-11)14-17-13(18-19-14)9-4-6-12(16)7-5-9/h1-8H,16H2,(H,17,18,19). The molecule has 0 saturated carbocycles. The predicted molar refractivity (Wildman–Crippen MR) is 79.4 cm³/mol. The minimum atomic E-state index is 0.674. The van der Waals surface area contributed by atoms with Gasteiger partial charge in [0.05, 0.1) is 0 Å². The Hall–Kier alpha value is -2.14. The lowest BCUT2D eigenvalue weighted by molar-refractivity contribution is 1.10. The summed E-state index contributed by atoms with van der Waals surface area (Å²) in [7, 11) is 0. The number of nitrogens with zero attached hydrogens (tertiary/aromatic N) is 2. The molecule has 3 aromatic rings. The van der Waals surface area contributed by atoms with Gasteiger partial charge in [-0.2, -0.15) is 5.10 Å². The van der Waals surface area contributed by atoms with Gasteiger partial charge in [-0.3, -0.25) is 5.10 Å². The molecule has 0 atom stereocenters. The number of nitrogens with one attached hydrogen (secondary N) is 1. The van der Waals surface area contributed by atoms with Gasteiger partial charge in [0.1, 0.15) is 0 Å². The molecule has 0 aliphatic carbocycles. The zero-order chi connectivity index (χ0) is 13.2. The molecule has 0 amide bonds. The van der Waals surface area contributed by atoms with Crippen LogP contribution in [0.5, 0.6) is 0 Å². The van der Waals surface area contributed by atoms with Gasteiger partial charge in [0, 0.05) is 21.3 Å². The SMILES string of the molecule is Nc1ccc(-c2nc(-c3cccc(Br)c3)n[nH]2)cc1. The highest BCUT2D eigenvalue weighted by Gasteiger charge is 2.07. The second kappa shape index (κ2) is 4.85. The summed E-state index contributed by atoms with van der Waals surface area (Å²) in [6.07, 6.45) is 0. The van der Waals surface area contributed by atoms with Gasteiger partial charge in [0.15, 0.2) is 11.6 Å². The van der Waals surface area contributed by atoms with Crippen LogP contribution in [-0.4, -0.2) is 15.2 Å². The molecule has 4 nitrogen and oxygen atoms in total. The number of nitrogen functional groups attached to an aromatic ring is 1. The number of hydrogen-bond acceptors (Lipinski definition) is 3. The zero-order valence-corrected chi connectivity index (χ0v) is 11.6. The average molecular weight is 315 g/mol. The molecule has 0 aliphatic rings. The Labute approximate surface area is 118 Å². The van der Waals surface area contributed by atoms with E-state index in [0.29, 0.717) is 5.82 Å². The van der Waals surface area contributed by atoms with E-state index in [4.69, 9.17) is 5.73 Å². The maximum Gasteiger partial charge on any atom is 0.181 e. The third-order valence-corrected chi connectivity index (χ3v) is 3.25. The third-order valence-electron chi connectivity index (χ3n) is 2.75. The van der Waals surface area contributed by atoms with Crippen LogP contribution in [0.15, 0.2) is 53.0 Å². The molecule has 0 saturated heterocycles. The molecule has 5 heteroatoms. The van der Waals surface area contributed by atoms with Crippen molar-refractivity contribution in [3.63, 3.8) is 0 Å². The number of benzene rings is 2. The first-order valence-corrected chi connectivity index (χ1v) is 6.56. The van der Waals surface area contributed by atoms with Crippen LogP contribution < -0.4 is 5.73 Å². The Morgan fingerprint density at radius 2 is 1.79 bits per heavy atom. The van der Waals surface area contributed by atoms with Gasteiger partial charge >= 0.3 is 0 Å². The lowest BCUT2D eigenvalue weighted by Gasteiger charge is -1.97. The van der Waals surface area contributed by atoms with E-state index < -0.39 is 0 Å². The largest absolute Gasteiger partial charge is 0.399 e. The van der Waals surface area contributed by atoms with Crippen LogP contribution in [0.2, 0.25) is 0 Å². The Balaban J connectivity index is 1.97. The summed E-state index contributed by atoms with van der Waals surface area (Å²) in [6.45, 7) is 0. The number of nitrogens with two attached hydrogens (primary N) is 1. The third kappa shape index (κ3) is 2.51. The smallest absolute Gasteiger partial charge is 0.181 e. The van der Waals surface area contributed by atoms with E-state index in [0.717, 1.165) is 27.1 Å². The highest BCUT2D eigenvalue weighted by atomic mass is 79.9. The van der Waals surface area contributed by atoms with E-state index in [-0.39, 0.29) is 0 Å². The van der Waals surface area contributed by atoms with E-state index >= 15 is 0 Å². The Kier molecular flexibility index (Phi) is 3.05. The lowest BCUT2D eigenvalue weighted by atomic mass is 10.2. The van der Waals surface area contributed by atoms with Crippen LogP contribution in [-0.2, 0) is 0 Å². The number of rotatable bonds is 2. The number of H-pyrrole nitrogens is 1. The fraction of sp³-hybridized carbons (Fsp3) is 0. The van der Waals surface area contributed by atoms with Crippen molar-refractivity contribution >= 4 is 21.6 Å². The molecule has 3 rings (SSSR count). The molecular weight excluding hydrogens is 304 g/mol. The van der Waals surface area contributed by atoms with Crippen molar-refractivity contribution < 1.29 is 0 Å². The van der Waals surface area contributed by atoms with Crippen molar-refractivity contribution in [3.05, 3.63) is 53.0 Å². The van der Waals surface area contributed by atoms with E-state index in [2.05, 4.69) is 31.1 Å². The van der Waals surface area contributed by atoms with Crippen LogP contribution in [0.3, 0.4) is 0 Å². The summed E-state index contributed by atoms with van der Waals surface area (Å²) >= 11 is 3.44. The van der Waals surface area contributed by atoms with Gasteiger partial charge in [-0.05, 0) is 36.4 Å². The van der Waals surface area contributed by atoms with Crippen molar-refractivity contribution in [3.8, 4) is 22.8 Å². The molecule has 3 N–H and O–H groups in total. The van der Waals surface area contributed by atoms with Crippen LogP contribution >= 0.6 is 15.9 Å². The first-order valence-electron chi connectivity index (χ1n) is 5.76. The zero-order valence-electron chi connectivity index (χ0n) is 9.97. The first-order chi connectivity index (χ1) is 9.22. The topological polar surface area (TPSA) is 67.6 Å². The van der Waals surface area contributed by atoms with Crippen LogP contribution in [0.1, 0.15) is 0 Å². The molecular formula is C14H11BrN4. The van der Waals surface area contributed by atoms with E-state index in [1.165, 1.54) is 0 Å². The van der Waals surface area contributed by atoms with Crippen molar-refractivity contribution in [2.75, 3.05) is 5.73 Å². The quantitative estimate of drug-likeness (QED) is 0.711. The monoisotopic (exact) mass is 314 g/mol. The van der Waals surface area contributed by atoms with Crippen LogP contribution in [0.25, 0.3) is 22.8 Å². The fourth-order valence-corrected chi connectivity index (χ4v) is 2.19. The Bertz CT molecular complexity index is 703. The molecule has 1 heterocycles. The second-order valence-corrected chi connectivity index (χ2v) is 5.06. The summed E-state index contributed by atoms with van der Waals surface area (Å²) in [5.74, 6) is 1.41. The minimum Gasteiger partial charge on any atom is -0.399 e. The van der Waals surface area contributed by atoms with Crippen molar-refractivity contribution in [1.82, 2.24) is 15.2 Å². The number of halogens is 1. The summed E-state index contributed by atoms with van der Waals surface area (Å²) in [5.41, 5.74) is 8.32. The maximum absolute atomic E-state index is 5.67. The molecule has 1 aromatic heterocycles. The highest BCUT2D eigenvalue weighted by Crippen LogP contribution is 2.22. The lowest BCUT2D eigenvalue weighted by Crippen LogP contribution is -1.85. The van der Waals surface area contributed by atoms with Crippen molar-refractivity contribution in [2.45, 2.75) is 0 Å². The minimum absolute atomic E-state index is 0.674. The first kappa shape index (κ1) is 11.9. The number of hydrogen-bond donors (Lipinski definition) is 2. The highest BCUT2D eigenvalue weighted by molar-refractivity contribution is 9.10. The number of anilines is 1. The number of aromatic nitrogens is 3. The molecule has 0 aliphatic heterocycles. The van der Waals surface area contributed by atoms with Gasteiger partial charge in [-0.25, -0.2) is 4.98 Å². The summed E-state index contributed by atoms with van der Waals surface area (Å²) in [6, 6.07) is 15.4. The number of aromatic amines is 1. The molecule has 0 unspecified atom stereocenters. The van der Waals surface area contributed by atoms with Crippen LogP contribution in [0, 0.1) is 0 Å². The fourth-order valence-electron chi connectivity index (χ4n) is 1.79. The van der Waals surface area contributed by atoms with E-state index in [1.54, 1.807) is 0 Å². The van der Waals surface area contributed by atoms with Gasteiger partial charge < -0.3 is 5.73 Å². The van der Waals surface area contributed by atoms with E-state index in [1.807, 2.05) is 48.5 Å². The average Bonchev–Trinajstić information content (AvgIpc) is 2.89. The van der Waals surface area contributed by atoms with Crippen LogP contribution in [0.4, 0.5) is 5.69 Å². The van der Waals surface area contributed by atoms with Crippen molar-refractivity contribution in [2.24, 2.45) is 0 Å². The van der Waals surface area contributed by atoms with Gasteiger partial charge in [-0.1, -0.05) is 28.1 Å². The molecule has 2 aromatic carbocycles. The molecule has 0 bridgehead atoms. The molecule has 19 heavy (non-hydrogen) atoms. The van der Waals surface area contributed by atoms with Gasteiger partial charge in [0.25, 0.3) is 0 Å². The summed E-state index contributed by atoms with van der Waals surface area (Å²) in [5, 5.41) is 7.18. The molecule has 0 spiro atoms. The van der Waals surface area contributed by atoms with Gasteiger partial charge in [0.2, 0.25) is 0 Å². The maximum atomic E-state index is 5.67. The Morgan fingerprint density at radius 3 is 2.53 bits per heavy atom. The molecule has 94 valence electrons. The van der Waals surface area contributed by atoms with Crippen molar-refractivity contribution in [1.29, 1.82) is 0 Å². The van der Waals surface area contributed by atoms with E-state index in [9.17, 15) is 0 Å². The normalized spacial score (nSPS) is 10.6. The Morgan fingerprint density at radius 1 is 1.00 bits per heavy atom. The molecule has 0 fully saturated rings.